The van der Waals surface area contributed by atoms with Crippen LogP contribution in [0.4, 0.5) is 5.69 Å². The number of piperidine rings is 1. The highest BCUT2D eigenvalue weighted by Crippen LogP contribution is 2.37. The third kappa shape index (κ3) is 2.82. The molecule has 1 aliphatic carbocycles. The molecule has 1 saturated carbocycles. The van der Waals surface area contributed by atoms with Crippen LogP contribution in [-0.2, 0) is 0 Å². The van der Waals surface area contributed by atoms with Crippen molar-refractivity contribution in [2.75, 3.05) is 25.4 Å². The Bertz CT molecular complexity index is 484. The van der Waals surface area contributed by atoms with Crippen molar-refractivity contribution in [3.8, 4) is 0 Å². The van der Waals surface area contributed by atoms with Gasteiger partial charge in [0.25, 0.3) is 5.91 Å². The van der Waals surface area contributed by atoms with E-state index in [0.29, 0.717) is 17.8 Å². The molecule has 110 valence electrons. The van der Waals surface area contributed by atoms with E-state index >= 15 is 0 Å². The number of carbonyl (C=O) groups is 1. The van der Waals surface area contributed by atoms with Crippen LogP contribution in [0, 0.1) is 0 Å². The molecule has 5 nitrogen and oxygen atoms in total. The SMILES string of the molecule is CCN1CCC(NC(=O)c2cc(N)cn2C2CC2)CC1. The van der Waals surface area contributed by atoms with Gasteiger partial charge in [0.2, 0.25) is 0 Å². The van der Waals surface area contributed by atoms with Gasteiger partial charge >= 0.3 is 0 Å². The van der Waals surface area contributed by atoms with Crippen LogP contribution in [0.2, 0.25) is 0 Å². The molecule has 0 spiro atoms. The fourth-order valence-electron chi connectivity index (χ4n) is 2.99. The molecule has 1 amide bonds. The van der Waals surface area contributed by atoms with Gasteiger partial charge < -0.3 is 20.5 Å². The van der Waals surface area contributed by atoms with E-state index in [0.717, 1.165) is 51.0 Å². The zero-order valence-electron chi connectivity index (χ0n) is 12.1. The summed E-state index contributed by atoms with van der Waals surface area (Å²) >= 11 is 0. The molecule has 5 heteroatoms. The van der Waals surface area contributed by atoms with Gasteiger partial charge in [0.15, 0.2) is 0 Å². The summed E-state index contributed by atoms with van der Waals surface area (Å²) in [5.41, 5.74) is 7.25. The second-order valence-electron chi connectivity index (χ2n) is 5.98. The van der Waals surface area contributed by atoms with Crippen molar-refractivity contribution in [2.45, 2.75) is 44.7 Å². The van der Waals surface area contributed by atoms with Crippen molar-refractivity contribution in [1.82, 2.24) is 14.8 Å². The molecule has 1 aliphatic heterocycles. The molecule has 3 rings (SSSR count). The molecule has 0 atom stereocenters. The normalized spacial score (nSPS) is 21.1. The van der Waals surface area contributed by atoms with Crippen molar-refractivity contribution in [1.29, 1.82) is 0 Å². The van der Waals surface area contributed by atoms with Crippen molar-refractivity contribution >= 4 is 11.6 Å². The lowest BCUT2D eigenvalue weighted by Gasteiger charge is -2.31. The maximum absolute atomic E-state index is 12.4. The second-order valence-corrected chi connectivity index (χ2v) is 5.98. The van der Waals surface area contributed by atoms with Crippen molar-refractivity contribution < 1.29 is 4.79 Å². The lowest BCUT2D eigenvalue weighted by molar-refractivity contribution is 0.0903. The molecule has 2 fully saturated rings. The maximum atomic E-state index is 12.4. The quantitative estimate of drug-likeness (QED) is 0.878. The Balaban J connectivity index is 1.62. The lowest BCUT2D eigenvalue weighted by atomic mass is 10.0. The van der Waals surface area contributed by atoms with E-state index in [-0.39, 0.29) is 5.91 Å². The van der Waals surface area contributed by atoms with Gasteiger partial charge in [0, 0.05) is 31.4 Å². The number of amides is 1. The lowest BCUT2D eigenvalue weighted by Crippen LogP contribution is -2.44. The Morgan fingerprint density at radius 1 is 1.35 bits per heavy atom. The summed E-state index contributed by atoms with van der Waals surface area (Å²) in [6, 6.07) is 2.58. The van der Waals surface area contributed by atoms with Gasteiger partial charge in [-0.05, 0) is 38.3 Å². The number of aromatic nitrogens is 1. The highest BCUT2D eigenvalue weighted by Gasteiger charge is 2.28. The first-order valence-electron chi connectivity index (χ1n) is 7.68. The fraction of sp³-hybridized carbons (Fsp3) is 0.667. The Kier molecular flexibility index (Phi) is 3.70. The van der Waals surface area contributed by atoms with Crippen LogP contribution in [0.15, 0.2) is 12.3 Å². The molecule has 0 unspecified atom stereocenters. The summed E-state index contributed by atoms with van der Waals surface area (Å²) in [4.78, 5) is 14.9. The molecule has 3 N–H and O–H groups in total. The maximum Gasteiger partial charge on any atom is 0.268 e. The Hall–Kier alpha value is -1.49. The van der Waals surface area contributed by atoms with Gasteiger partial charge in [-0.25, -0.2) is 0 Å². The Morgan fingerprint density at radius 2 is 2.05 bits per heavy atom. The van der Waals surface area contributed by atoms with E-state index < -0.39 is 0 Å². The van der Waals surface area contributed by atoms with Gasteiger partial charge in [0.1, 0.15) is 5.69 Å². The number of nitrogen functional groups attached to an aromatic ring is 1. The van der Waals surface area contributed by atoms with Crippen LogP contribution in [-0.4, -0.2) is 41.1 Å². The Morgan fingerprint density at radius 3 is 2.65 bits per heavy atom. The number of nitrogens with one attached hydrogen (secondary N) is 1. The van der Waals surface area contributed by atoms with Gasteiger partial charge in [-0.1, -0.05) is 6.92 Å². The minimum absolute atomic E-state index is 0.0311. The fourth-order valence-corrected chi connectivity index (χ4v) is 2.99. The molecular formula is C15H24N4O. The smallest absolute Gasteiger partial charge is 0.268 e. The van der Waals surface area contributed by atoms with Crippen LogP contribution < -0.4 is 11.1 Å². The number of nitrogens with two attached hydrogens (primary N) is 1. The van der Waals surface area contributed by atoms with Gasteiger partial charge in [-0.15, -0.1) is 0 Å². The summed E-state index contributed by atoms with van der Waals surface area (Å²) in [6.07, 6.45) is 6.29. The minimum atomic E-state index is 0.0311. The van der Waals surface area contributed by atoms with Crippen LogP contribution in [0.25, 0.3) is 0 Å². The Labute approximate surface area is 120 Å². The molecule has 1 aromatic heterocycles. The van der Waals surface area contributed by atoms with E-state index in [9.17, 15) is 4.79 Å². The molecule has 1 aromatic rings. The second kappa shape index (κ2) is 5.48. The molecule has 0 aromatic carbocycles. The summed E-state index contributed by atoms with van der Waals surface area (Å²) in [7, 11) is 0. The molecule has 2 heterocycles. The van der Waals surface area contributed by atoms with Crippen LogP contribution >= 0.6 is 0 Å². The molecular weight excluding hydrogens is 252 g/mol. The number of anilines is 1. The number of hydrogen-bond donors (Lipinski definition) is 2. The predicted octanol–water partition coefficient (Wildman–Crippen LogP) is 1.62. The number of rotatable bonds is 4. The predicted molar refractivity (Wildman–Crippen MR) is 79.7 cm³/mol. The van der Waals surface area contributed by atoms with E-state index in [2.05, 4.69) is 17.1 Å². The van der Waals surface area contributed by atoms with Crippen LogP contribution in [0.1, 0.15) is 49.1 Å². The van der Waals surface area contributed by atoms with Gasteiger partial charge in [-0.2, -0.15) is 0 Å². The molecule has 1 saturated heterocycles. The molecule has 0 bridgehead atoms. The van der Waals surface area contributed by atoms with Crippen LogP contribution in [0.5, 0.6) is 0 Å². The monoisotopic (exact) mass is 276 g/mol. The molecule has 20 heavy (non-hydrogen) atoms. The minimum Gasteiger partial charge on any atom is -0.397 e. The summed E-state index contributed by atoms with van der Waals surface area (Å²) in [6.45, 7) is 5.44. The first kappa shape index (κ1) is 13.5. The summed E-state index contributed by atoms with van der Waals surface area (Å²) in [5, 5.41) is 3.17. The first-order valence-corrected chi connectivity index (χ1v) is 7.68. The number of nitrogens with zero attached hydrogens (tertiary/aromatic N) is 2. The van der Waals surface area contributed by atoms with Gasteiger partial charge in [0.05, 0.1) is 5.69 Å². The third-order valence-electron chi connectivity index (χ3n) is 4.41. The average molecular weight is 276 g/mol. The van der Waals surface area contributed by atoms with Crippen molar-refractivity contribution in [3.63, 3.8) is 0 Å². The highest BCUT2D eigenvalue weighted by molar-refractivity contribution is 5.94. The van der Waals surface area contributed by atoms with Crippen molar-refractivity contribution in [2.24, 2.45) is 0 Å². The van der Waals surface area contributed by atoms with E-state index in [4.69, 9.17) is 5.73 Å². The van der Waals surface area contributed by atoms with Crippen molar-refractivity contribution in [3.05, 3.63) is 18.0 Å². The van der Waals surface area contributed by atoms with Gasteiger partial charge in [-0.3, -0.25) is 4.79 Å². The summed E-state index contributed by atoms with van der Waals surface area (Å²) < 4.78 is 2.05. The van der Waals surface area contributed by atoms with E-state index in [1.165, 1.54) is 0 Å². The van der Waals surface area contributed by atoms with E-state index in [1.54, 1.807) is 6.07 Å². The number of carbonyl (C=O) groups excluding carboxylic acids is 1. The number of likely N-dealkylation sites (tertiary alicyclic amines) is 1. The van der Waals surface area contributed by atoms with E-state index in [1.807, 2.05) is 10.8 Å². The van der Waals surface area contributed by atoms with Crippen LogP contribution in [0.3, 0.4) is 0 Å². The zero-order chi connectivity index (χ0) is 14.1. The first-order chi connectivity index (χ1) is 9.67. The third-order valence-corrected chi connectivity index (χ3v) is 4.41. The largest absolute Gasteiger partial charge is 0.397 e. The summed E-state index contributed by atoms with van der Waals surface area (Å²) in [5.74, 6) is 0.0311. The number of hydrogen-bond acceptors (Lipinski definition) is 3. The topological polar surface area (TPSA) is 63.3 Å². The highest BCUT2D eigenvalue weighted by atomic mass is 16.2. The zero-order valence-corrected chi connectivity index (χ0v) is 12.1. The average Bonchev–Trinajstić information content (AvgIpc) is 3.22. The standard InChI is InChI=1S/C15H24N4O/c1-2-18-7-5-12(6-8-18)17-15(20)14-9-11(16)10-19(14)13-3-4-13/h9-10,12-13H,2-8,16H2,1H3,(H,17,20). The molecule has 2 aliphatic rings. The molecule has 0 radical (unpaired) electrons.